The van der Waals surface area contributed by atoms with Crippen LogP contribution in [0.2, 0.25) is 0 Å². The third-order valence-corrected chi connectivity index (χ3v) is 4.22. The summed E-state index contributed by atoms with van der Waals surface area (Å²) in [6.45, 7) is 1.05. The summed E-state index contributed by atoms with van der Waals surface area (Å²) in [6.07, 6.45) is 10.1. The largest absolute Gasteiger partial charge is 0.378 e. The highest BCUT2D eigenvalue weighted by molar-refractivity contribution is 4.92. The second-order valence-corrected chi connectivity index (χ2v) is 5.36. The molecule has 0 spiro atoms. The summed E-state index contributed by atoms with van der Waals surface area (Å²) in [5, 5.41) is 3.66. The lowest BCUT2D eigenvalue weighted by Gasteiger charge is -2.32. The van der Waals surface area contributed by atoms with Crippen LogP contribution >= 0.6 is 0 Å². The molecule has 0 aromatic heterocycles. The summed E-state index contributed by atoms with van der Waals surface area (Å²) < 4.78 is 6.03. The van der Waals surface area contributed by atoms with Crippen molar-refractivity contribution < 1.29 is 4.74 Å². The first-order valence-electron chi connectivity index (χ1n) is 6.28. The standard InChI is InChI=1S/C12H21NO/c1-2-9(3-1)8-14-12-6-10-4-5-11(7-12)13-10/h9-13H,1-8H2/t10-,11+,12+. The zero-order valence-electron chi connectivity index (χ0n) is 8.87. The summed E-state index contributed by atoms with van der Waals surface area (Å²) in [6, 6.07) is 1.56. The summed E-state index contributed by atoms with van der Waals surface area (Å²) in [4.78, 5) is 0. The highest BCUT2D eigenvalue weighted by Crippen LogP contribution is 2.31. The van der Waals surface area contributed by atoms with Crippen LogP contribution < -0.4 is 5.32 Å². The number of piperidine rings is 1. The quantitative estimate of drug-likeness (QED) is 0.744. The molecule has 1 N–H and O–H groups in total. The lowest BCUT2D eigenvalue weighted by atomic mass is 9.86. The third-order valence-electron chi connectivity index (χ3n) is 4.22. The van der Waals surface area contributed by atoms with Crippen molar-refractivity contribution in [2.45, 2.75) is 63.1 Å². The Morgan fingerprint density at radius 1 is 1.00 bits per heavy atom. The summed E-state index contributed by atoms with van der Waals surface area (Å²) in [5.41, 5.74) is 0. The Morgan fingerprint density at radius 2 is 1.71 bits per heavy atom. The molecule has 2 bridgehead atoms. The van der Waals surface area contributed by atoms with Gasteiger partial charge in [0.25, 0.3) is 0 Å². The summed E-state index contributed by atoms with van der Waals surface area (Å²) in [5.74, 6) is 0.905. The maximum absolute atomic E-state index is 6.03. The number of ether oxygens (including phenoxy) is 1. The van der Waals surface area contributed by atoms with Gasteiger partial charge >= 0.3 is 0 Å². The van der Waals surface area contributed by atoms with Crippen molar-refractivity contribution in [1.29, 1.82) is 0 Å². The molecular weight excluding hydrogens is 174 g/mol. The van der Waals surface area contributed by atoms with Gasteiger partial charge < -0.3 is 10.1 Å². The molecule has 3 aliphatic rings. The van der Waals surface area contributed by atoms with Crippen molar-refractivity contribution in [2.75, 3.05) is 6.61 Å². The minimum Gasteiger partial charge on any atom is -0.378 e. The molecule has 1 saturated carbocycles. The predicted octanol–water partition coefficient (Wildman–Crippen LogP) is 2.09. The van der Waals surface area contributed by atoms with Gasteiger partial charge in [0.15, 0.2) is 0 Å². The second kappa shape index (κ2) is 3.82. The molecule has 0 radical (unpaired) electrons. The van der Waals surface area contributed by atoms with Gasteiger partial charge in [-0.15, -0.1) is 0 Å². The average Bonchev–Trinajstić information content (AvgIpc) is 2.43. The Kier molecular flexibility index (Phi) is 2.50. The van der Waals surface area contributed by atoms with E-state index < -0.39 is 0 Å². The minimum absolute atomic E-state index is 0.578. The van der Waals surface area contributed by atoms with Crippen LogP contribution in [0, 0.1) is 5.92 Å². The van der Waals surface area contributed by atoms with Gasteiger partial charge in [-0.05, 0) is 44.4 Å². The minimum atomic E-state index is 0.578. The zero-order chi connectivity index (χ0) is 9.38. The molecule has 0 unspecified atom stereocenters. The maximum Gasteiger partial charge on any atom is 0.0604 e. The monoisotopic (exact) mass is 195 g/mol. The van der Waals surface area contributed by atoms with Gasteiger partial charge in [-0.1, -0.05) is 6.42 Å². The molecule has 2 heteroatoms. The van der Waals surface area contributed by atoms with E-state index in [1.54, 1.807) is 0 Å². The summed E-state index contributed by atoms with van der Waals surface area (Å²) in [7, 11) is 0. The summed E-state index contributed by atoms with van der Waals surface area (Å²) >= 11 is 0. The predicted molar refractivity (Wildman–Crippen MR) is 56.3 cm³/mol. The van der Waals surface area contributed by atoms with Gasteiger partial charge in [0.1, 0.15) is 0 Å². The second-order valence-electron chi connectivity index (χ2n) is 5.36. The lowest BCUT2D eigenvalue weighted by molar-refractivity contribution is -0.0131. The van der Waals surface area contributed by atoms with E-state index in [1.807, 2.05) is 0 Å². The molecule has 0 aromatic rings. The van der Waals surface area contributed by atoms with Gasteiger partial charge in [-0.3, -0.25) is 0 Å². The van der Waals surface area contributed by atoms with E-state index >= 15 is 0 Å². The van der Waals surface area contributed by atoms with E-state index in [1.165, 1.54) is 44.9 Å². The van der Waals surface area contributed by atoms with Crippen LogP contribution in [-0.2, 0) is 4.74 Å². The molecule has 0 amide bonds. The number of hydrogen-bond acceptors (Lipinski definition) is 2. The molecule has 2 aliphatic heterocycles. The molecule has 2 heterocycles. The van der Waals surface area contributed by atoms with Crippen molar-refractivity contribution in [3.05, 3.63) is 0 Å². The van der Waals surface area contributed by atoms with E-state index in [0.717, 1.165) is 24.6 Å². The van der Waals surface area contributed by atoms with Crippen molar-refractivity contribution in [3.8, 4) is 0 Å². The van der Waals surface area contributed by atoms with Crippen LogP contribution in [0.3, 0.4) is 0 Å². The molecule has 0 aromatic carbocycles. The first kappa shape index (κ1) is 9.17. The van der Waals surface area contributed by atoms with Crippen LogP contribution in [0.15, 0.2) is 0 Å². The van der Waals surface area contributed by atoms with Crippen LogP contribution in [0.5, 0.6) is 0 Å². The molecule has 3 atom stereocenters. The maximum atomic E-state index is 6.03. The van der Waals surface area contributed by atoms with Gasteiger partial charge in [-0.25, -0.2) is 0 Å². The fourth-order valence-electron chi connectivity index (χ4n) is 3.07. The third kappa shape index (κ3) is 1.82. The van der Waals surface area contributed by atoms with Crippen LogP contribution in [-0.4, -0.2) is 24.8 Å². The van der Waals surface area contributed by atoms with E-state index in [-0.39, 0.29) is 0 Å². The van der Waals surface area contributed by atoms with E-state index in [9.17, 15) is 0 Å². The van der Waals surface area contributed by atoms with Crippen LogP contribution in [0.4, 0.5) is 0 Å². The molecule has 3 fully saturated rings. The van der Waals surface area contributed by atoms with Crippen molar-refractivity contribution in [3.63, 3.8) is 0 Å². The fourth-order valence-corrected chi connectivity index (χ4v) is 3.07. The van der Waals surface area contributed by atoms with E-state index in [2.05, 4.69) is 5.32 Å². The smallest absolute Gasteiger partial charge is 0.0604 e. The number of hydrogen-bond donors (Lipinski definition) is 1. The first-order valence-corrected chi connectivity index (χ1v) is 6.28. The molecule has 1 aliphatic carbocycles. The molecule has 80 valence electrons. The van der Waals surface area contributed by atoms with E-state index in [0.29, 0.717) is 6.10 Å². The Hall–Kier alpha value is -0.0800. The number of rotatable bonds is 3. The van der Waals surface area contributed by atoms with Gasteiger partial charge in [0, 0.05) is 18.7 Å². The Balaban J connectivity index is 1.44. The van der Waals surface area contributed by atoms with Crippen LogP contribution in [0.25, 0.3) is 0 Å². The Bertz CT molecular complexity index is 190. The van der Waals surface area contributed by atoms with Crippen molar-refractivity contribution in [1.82, 2.24) is 5.32 Å². The topological polar surface area (TPSA) is 21.3 Å². The lowest BCUT2D eigenvalue weighted by Crippen LogP contribution is -2.42. The number of fused-ring (bicyclic) bond motifs is 2. The highest BCUT2D eigenvalue weighted by Gasteiger charge is 2.34. The van der Waals surface area contributed by atoms with Crippen molar-refractivity contribution >= 4 is 0 Å². The van der Waals surface area contributed by atoms with Crippen molar-refractivity contribution in [2.24, 2.45) is 5.92 Å². The molecule has 2 nitrogen and oxygen atoms in total. The van der Waals surface area contributed by atoms with Gasteiger partial charge in [-0.2, -0.15) is 0 Å². The fraction of sp³-hybridized carbons (Fsp3) is 1.00. The van der Waals surface area contributed by atoms with Gasteiger partial charge in [0.05, 0.1) is 6.10 Å². The molecule has 3 rings (SSSR count). The normalized spacial score (nSPS) is 42.4. The molecule has 14 heavy (non-hydrogen) atoms. The average molecular weight is 195 g/mol. The molecule has 2 saturated heterocycles. The first-order chi connectivity index (χ1) is 6.90. The Morgan fingerprint density at radius 3 is 2.29 bits per heavy atom. The van der Waals surface area contributed by atoms with Crippen LogP contribution in [0.1, 0.15) is 44.9 Å². The molecular formula is C12H21NO. The highest BCUT2D eigenvalue weighted by atomic mass is 16.5. The zero-order valence-corrected chi connectivity index (χ0v) is 8.87. The Labute approximate surface area is 86.4 Å². The van der Waals surface area contributed by atoms with Gasteiger partial charge in [0.2, 0.25) is 0 Å². The number of nitrogens with one attached hydrogen (secondary N) is 1. The van der Waals surface area contributed by atoms with E-state index in [4.69, 9.17) is 4.74 Å². The SMILES string of the molecule is C1CC(CO[C@H]2C[C@H]3CC[C@@H](C2)N3)C1.